The molecule has 0 heterocycles. The number of allylic oxidation sites excluding steroid dienone is 16. The van der Waals surface area contributed by atoms with Crippen LogP contribution in [0.5, 0.6) is 0 Å². The lowest BCUT2D eigenvalue weighted by Crippen LogP contribution is -2.30. The number of hydrogen-bond acceptors (Lipinski definition) is 6. The average Bonchev–Trinajstić information content (AvgIpc) is 3.42. The predicted molar refractivity (Wildman–Crippen MR) is 330 cm³/mol. The fourth-order valence-electron chi connectivity index (χ4n) is 9.10. The summed E-state index contributed by atoms with van der Waals surface area (Å²) in [5.74, 6) is -0.968. The van der Waals surface area contributed by atoms with Crippen molar-refractivity contribution in [2.45, 2.75) is 316 Å². The van der Waals surface area contributed by atoms with Crippen molar-refractivity contribution >= 4 is 17.9 Å². The second kappa shape index (κ2) is 63.9. The van der Waals surface area contributed by atoms with Crippen molar-refractivity contribution in [2.75, 3.05) is 13.2 Å². The molecule has 0 bridgehead atoms. The van der Waals surface area contributed by atoms with Crippen LogP contribution in [-0.2, 0) is 28.6 Å². The first kappa shape index (κ1) is 72.3. The second-order valence-electron chi connectivity index (χ2n) is 21.3. The van der Waals surface area contributed by atoms with Crippen molar-refractivity contribution in [3.05, 3.63) is 97.2 Å². The minimum atomic E-state index is -0.803. The van der Waals surface area contributed by atoms with Crippen LogP contribution in [0.1, 0.15) is 310 Å². The SMILES string of the molecule is CC/C=C\C/C=C\C/C=C\C/C=C\CCCCCCCCCCCCCCCCCCCCC(=O)OCC(COC(=O)CC/C=C\C/C=C\C/C=C\C/C=C\CC)OC(=O)CCCCCCCCCCCCCCCC. The summed E-state index contributed by atoms with van der Waals surface area (Å²) in [6, 6.07) is 0. The van der Waals surface area contributed by atoms with E-state index >= 15 is 0 Å². The minimum Gasteiger partial charge on any atom is -0.462 e. The van der Waals surface area contributed by atoms with Crippen molar-refractivity contribution in [1.82, 2.24) is 0 Å². The first-order chi connectivity index (χ1) is 37.5. The predicted octanol–water partition coefficient (Wildman–Crippen LogP) is 22.0. The number of rotatable bonds is 58. The summed E-state index contributed by atoms with van der Waals surface area (Å²) in [5.41, 5.74) is 0. The van der Waals surface area contributed by atoms with Crippen molar-refractivity contribution in [2.24, 2.45) is 0 Å². The highest BCUT2D eigenvalue weighted by atomic mass is 16.6. The highest BCUT2D eigenvalue weighted by molar-refractivity contribution is 5.71. The molecule has 0 aromatic heterocycles. The number of ether oxygens (including phenoxy) is 3. The van der Waals surface area contributed by atoms with Gasteiger partial charge in [0.1, 0.15) is 13.2 Å². The molecule has 0 aliphatic carbocycles. The second-order valence-corrected chi connectivity index (χ2v) is 21.3. The Hall–Kier alpha value is -3.67. The summed E-state index contributed by atoms with van der Waals surface area (Å²) in [7, 11) is 0. The highest BCUT2D eigenvalue weighted by Gasteiger charge is 2.19. The van der Waals surface area contributed by atoms with Gasteiger partial charge in [-0.05, 0) is 83.5 Å². The monoisotopic (exact) mass is 1060 g/mol. The van der Waals surface area contributed by atoms with Gasteiger partial charge < -0.3 is 14.2 Å². The maximum absolute atomic E-state index is 12.9. The number of carbonyl (C=O) groups is 3. The van der Waals surface area contributed by atoms with E-state index in [0.29, 0.717) is 19.3 Å². The Bertz CT molecular complexity index is 1490. The number of hydrogen-bond donors (Lipinski definition) is 0. The molecule has 0 rings (SSSR count). The Morgan fingerprint density at radius 3 is 0.882 bits per heavy atom. The topological polar surface area (TPSA) is 78.9 Å². The molecular formula is C70H120O6. The molecule has 1 atom stereocenters. The molecule has 0 saturated heterocycles. The summed E-state index contributed by atoms with van der Waals surface area (Å²) in [6.45, 7) is 6.38. The zero-order valence-corrected chi connectivity index (χ0v) is 50.0. The van der Waals surface area contributed by atoms with E-state index in [9.17, 15) is 14.4 Å². The third kappa shape index (κ3) is 61.2. The highest BCUT2D eigenvalue weighted by Crippen LogP contribution is 2.17. The first-order valence-corrected chi connectivity index (χ1v) is 32.2. The molecule has 0 aromatic rings. The molecule has 6 heteroatoms. The Kier molecular flexibility index (Phi) is 60.8. The number of unbranched alkanes of at least 4 members (excludes halogenated alkanes) is 31. The molecular weight excluding hydrogens is 937 g/mol. The van der Waals surface area contributed by atoms with Gasteiger partial charge in [0.05, 0.1) is 0 Å². The molecule has 0 saturated carbocycles. The quantitative estimate of drug-likeness (QED) is 0.0261. The van der Waals surface area contributed by atoms with Crippen LogP contribution < -0.4 is 0 Å². The molecule has 0 aliphatic rings. The molecule has 1 unspecified atom stereocenters. The standard InChI is InChI=1S/C70H120O6/c1-4-7-10-13-16-19-22-25-27-28-29-30-31-32-33-34-35-36-37-38-39-40-41-42-43-46-48-51-54-57-60-63-69(72)75-66-67(65-74-68(71)62-59-56-53-50-47-44-24-21-18-15-12-9-6-3)76-70(73)64-61-58-55-52-49-45-26-23-20-17-14-11-8-5-2/h7,9-10,12,16,18-19,21,25,27,29-30,44,47,53,56,67H,4-6,8,11,13-15,17,20,22-24,26,28,31-43,45-46,48-52,54-55,57-66H2,1-3H3/b10-7-,12-9-,19-16-,21-18-,27-25-,30-29-,47-44-,56-53-. The lowest BCUT2D eigenvalue weighted by molar-refractivity contribution is -0.166. The largest absolute Gasteiger partial charge is 0.462 e. The van der Waals surface area contributed by atoms with Crippen molar-refractivity contribution in [3.8, 4) is 0 Å². The van der Waals surface area contributed by atoms with Crippen LogP contribution in [-0.4, -0.2) is 37.2 Å². The summed E-state index contributed by atoms with van der Waals surface area (Å²) in [4.78, 5) is 38.2. The van der Waals surface area contributed by atoms with E-state index in [-0.39, 0.29) is 37.5 Å². The Balaban J connectivity index is 4.18. The average molecular weight is 1060 g/mol. The normalized spacial score (nSPS) is 12.7. The van der Waals surface area contributed by atoms with Gasteiger partial charge in [-0.2, -0.15) is 0 Å². The Labute approximate surface area is 470 Å². The third-order valence-electron chi connectivity index (χ3n) is 13.8. The molecule has 76 heavy (non-hydrogen) atoms. The van der Waals surface area contributed by atoms with E-state index in [2.05, 4.69) is 112 Å². The van der Waals surface area contributed by atoms with Crippen LogP contribution in [0.3, 0.4) is 0 Å². The Morgan fingerprint density at radius 2 is 0.539 bits per heavy atom. The van der Waals surface area contributed by atoms with E-state index in [1.165, 1.54) is 173 Å². The fourth-order valence-corrected chi connectivity index (χ4v) is 9.10. The van der Waals surface area contributed by atoms with E-state index in [1.807, 2.05) is 6.08 Å². The maximum Gasteiger partial charge on any atom is 0.306 e. The summed E-state index contributed by atoms with van der Waals surface area (Å²) >= 11 is 0. The summed E-state index contributed by atoms with van der Waals surface area (Å²) < 4.78 is 16.8. The van der Waals surface area contributed by atoms with Crippen LogP contribution in [0.25, 0.3) is 0 Å². The van der Waals surface area contributed by atoms with Gasteiger partial charge in [-0.3, -0.25) is 14.4 Å². The molecule has 0 N–H and O–H groups in total. The fraction of sp³-hybridized carbons (Fsp3) is 0.729. The van der Waals surface area contributed by atoms with Crippen LogP contribution in [0.2, 0.25) is 0 Å². The van der Waals surface area contributed by atoms with Crippen LogP contribution in [0.15, 0.2) is 97.2 Å². The molecule has 0 radical (unpaired) electrons. The van der Waals surface area contributed by atoms with Gasteiger partial charge in [0, 0.05) is 19.3 Å². The van der Waals surface area contributed by atoms with Gasteiger partial charge in [-0.1, -0.05) is 304 Å². The molecule has 0 fully saturated rings. The number of esters is 3. The van der Waals surface area contributed by atoms with Crippen molar-refractivity contribution in [3.63, 3.8) is 0 Å². The van der Waals surface area contributed by atoms with Gasteiger partial charge in [-0.25, -0.2) is 0 Å². The van der Waals surface area contributed by atoms with Gasteiger partial charge >= 0.3 is 17.9 Å². The Morgan fingerprint density at radius 1 is 0.276 bits per heavy atom. The molecule has 0 amide bonds. The minimum absolute atomic E-state index is 0.0952. The zero-order chi connectivity index (χ0) is 55.0. The van der Waals surface area contributed by atoms with E-state index < -0.39 is 6.10 Å². The third-order valence-corrected chi connectivity index (χ3v) is 13.8. The van der Waals surface area contributed by atoms with Gasteiger partial charge in [0.2, 0.25) is 0 Å². The smallest absolute Gasteiger partial charge is 0.306 e. The van der Waals surface area contributed by atoms with Gasteiger partial charge in [0.25, 0.3) is 0 Å². The lowest BCUT2D eigenvalue weighted by Gasteiger charge is -2.18. The first-order valence-electron chi connectivity index (χ1n) is 32.2. The zero-order valence-electron chi connectivity index (χ0n) is 50.0. The van der Waals surface area contributed by atoms with E-state index in [0.717, 1.165) is 89.9 Å². The van der Waals surface area contributed by atoms with Crippen molar-refractivity contribution < 1.29 is 28.6 Å². The summed E-state index contributed by atoms with van der Waals surface area (Å²) in [6.07, 6.45) is 85.9. The van der Waals surface area contributed by atoms with E-state index in [1.54, 1.807) is 0 Å². The lowest BCUT2D eigenvalue weighted by atomic mass is 10.0. The van der Waals surface area contributed by atoms with Crippen molar-refractivity contribution in [1.29, 1.82) is 0 Å². The molecule has 6 nitrogen and oxygen atoms in total. The van der Waals surface area contributed by atoms with Gasteiger partial charge in [-0.15, -0.1) is 0 Å². The number of carbonyl (C=O) groups excluding carboxylic acids is 3. The van der Waals surface area contributed by atoms with Crippen LogP contribution in [0.4, 0.5) is 0 Å². The molecule has 0 aliphatic heterocycles. The molecule has 0 spiro atoms. The van der Waals surface area contributed by atoms with Crippen LogP contribution in [0, 0.1) is 0 Å². The molecule has 436 valence electrons. The maximum atomic E-state index is 12.9. The van der Waals surface area contributed by atoms with Gasteiger partial charge in [0.15, 0.2) is 6.10 Å². The molecule has 0 aromatic carbocycles. The van der Waals surface area contributed by atoms with E-state index in [4.69, 9.17) is 14.2 Å². The summed E-state index contributed by atoms with van der Waals surface area (Å²) in [5, 5.41) is 0. The van der Waals surface area contributed by atoms with Crippen LogP contribution >= 0.6 is 0 Å².